The Hall–Kier alpha value is -5.40. The Morgan fingerprint density at radius 2 is 1.15 bits per heavy atom. The van der Waals surface area contributed by atoms with Crippen LogP contribution in [0.1, 0.15) is 48.5 Å². The second-order valence-corrected chi connectivity index (χ2v) is 12.3. The van der Waals surface area contributed by atoms with E-state index in [1.807, 2.05) is 0 Å². The van der Waals surface area contributed by atoms with Gasteiger partial charge in [0.1, 0.15) is 43.3 Å². The summed E-state index contributed by atoms with van der Waals surface area (Å²) in [6.45, 7) is 6.66. The summed E-state index contributed by atoms with van der Waals surface area (Å²) >= 11 is 0. The topological polar surface area (TPSA) is 237 Å². The lowest BCUT2D eigenvalue weighted by Gasteiger charge is -2.49. The van der Waals surface area contributed by atoms with Gasteiger partial charge in [-0.1, -0.05) is 6.07 Å². The molecule has 19 heteroatoms. The lowest BCUT2D eigenvalue weighted by molar-refractivity contribution is -0.340. The standard InChI is InChI=1S/C35H42N2O17/c1-16(38)37-28-31(49-21(6)43)29(47-19(4)41)26(14-45-17(2)39)52-34(28)54-32-30(48-20(5)42)27(15-46-18(3)40)53-35(33(32)50-22(7)44)51-24-10-11-25-23(13-24)9-8-12-36-25/h8-13,26-35H,14-15H2,1-7H3,(H,37,38)/t26-,27-,28-,29-,30-,31-,32+,33-,34+,35-/m1/s1. The highest BCUT2D eigenvalue weighted by atomic mass is 16.8. The number of benzene rings is 1. The summed E-state index contributed by atoms with van der Waals surface area (Å²) in [5.74, 6) is -5.29. The van der Waals surface area contributed by atoms with Crippen molar-refractivity contribution in [1.29, 1.82) is 0 Å². The number of hydrogen-bond acceptors (Lipinski definition) is 18. The van der Waals surface area contributed by atoms with Crippen LogP contribution in [0.4, 0.5) is 0 Å². The van der Waals surface area contributed by atoms with Crippen LogP contribution in [0.15, 0.2) is 36.5 Å². The molecule has 1 aromatic heterocycles. The maximum atomic E-state index is 12.7. The number of pyridine rings is 1. The number of hydrogen-bond donors (Lipinski definition) is 1. The molecular formula is C35H42N2O17. The summed E-state index contributed by atoms with van der Waals surface area (Å²) in [5, 5.41) is 3.26. The Morgan fingerprint density at radius 3 is 1.69 bits per heavy atom. The Bertz CT molecular complexity index is 1720. The van der Waals surface area contributed by atoms with E-state index < -0.39 is 116 Å². The smallest absolute Gasteiger partial charge is 0.303 e. The second-order valence-electron chi connectivity index (χ2n) is 12.3. The predicted octanol–water partition coefficient (Wildman–Crippen LogP) is 0.806. The monoisotopic (exact) mass is 762 g/mol. The number of carbonyl (C=O) groups is 7. The molecule has 0 saturated carbocycles. The third kappa shape index (κ3) is 11.3. The van der Waals surface area contributed by atoms with E-state index in [2.05, 4.69) is 10.3 Å². The predicted molar refractivity (Wildman–Crippen MR) is 178 cm³/mol. The zero-order chi connectivity index (χ0) is 39.7. The van der Waals surface area contributed by atoms with Gasteiger partial charge >= 0.3 is 35.8 Å². The molecule has 3 heterocycles. The van der Waals surface area contributed by atoms with Crippen molar-refractivity contribution in [1.82, 2.24) is 10.3 Å². The van der Waals surface area contributed by atoms with Gasteiger partial charge in [-0.25, -0.2) is 0 Å². The fraction of sp³-hybridized carbons (Fsp3) is 0.543. The molecule has 2 aliphatic rings. The molecule has 294 valence electrons. The maximum Gasteiger partial charge on any atom is 0.303 e. The average molecular weight is 763 g/mol. The Balaban J connectivity index is 1.85. The summed E-state index contributed by atoms with van der Waals surface area (Å²) in [7, 11) is 0. The van der Waals surface area contributed by atoms with Crippen LogP contribution in [0.2, 0.25) is 0 Å². The van der Waals surface area contributed by atoms with Crippen LogP contribution in [0.3, 0.4) is 0 Å². The number of nitrogens with one attached hydrogen (secondary N) is 1. The number of nitrogens with zero attached hydrogens (tertiary/aromatic N) is 1. The van der Waals surface area contributed by atoms with Crippen LogP contribution in [0.5, 0.6) is 5.75 Å². The first-order valence-electron chi connectivity index (χ1n) is 16.7. The molecule has 1 N–H and O–H groups in total. The van der Waals surface area contributed by atoms with E-state index in [9.17, 15) is 33.6 Å². The van der Waals surface area contributed by atoms with Crippen molar-refractivity contribution in [2.45, 2.75) is 110 Å². The minimum atomic E-state index is -1.72. The van der Waals surface area contributed by atoms with Crippen molar-refractivity contribution in [2.24, 2.45) is 0 Å². The van der Waals surface area contributed by atoms with E-state index in [-0.39, 0.29) is 5.75 Å². The maximum absolute atomic E-state index is 12.7. The summed E-state index contributed by atoms with van der Waals surface area (Å²) in [6, 6.07) is 6.92. The van der Waals surface area contributed by atoms with Crippen LogP contribution in [-0.4, -0.2) is 121 Å². The number of amides is 1. The van der Waals surface area contributed by atoms with Gasteiger partial charge in [-0.05, 0) is 24.3 Å². The summed E-state index contributed by atoms with van der Waals surface area (Å²) < 4.78 is 57.8. The summed E-state index contributed by atoms with van der Waals surface area (Å²) in [5.41, 5.74) is 0.644. The highest BCUT2D eigenvalue weighted by Crippen LogP contribution is 2.35. The molecule has 2 saturated heterocycles. The fourth-order valence-electron chi connectivity index (χ4n) is 5.94. The van der Waals surface area contributed by atoms with Crippen molar-refractivity contribution in [3.05, 3.63) is 36.5 Å². The van der Waals surface area contributed by atoms with Crippen LogP contribution < -0.4 is 10.1 Å². The van der Waals surface area contributed by atoms with Crippen LogP contribution >= 0.6 is 0 Å². The van der Waals surface area contributed by atoms with Crippen molar-refractivity contribution in [3.8, 4) is 5.75 Å². The third-order valence-electron chi connectivity index (χ3n) is 7.84. The molecule has 19 nitrogen and oxygen atoms in total. The lowest BCUT2D eigenvalue weighted by Crippen LogP contribution is -2.69. The van der Waals surface area contributed by atoms with Gasteiger partial charge in [0.2, 0.25) is 12.2 Å². The second kappa shape index (κ2) is 18.6. The largest absolute Gasteiger partial charge is 0.463 e. The average Bonchev–Trinajstić information content (AvgIpc) is 3.07. The van der Waals surface area contributed by atoms with Gasteiger partial charge in [0.15, 0.2) is 30.7 Å². The molecule has 0 radical (unpaired) electrons. The van der Waals surface area contributed by atoms with Crippen molar-refractivity contribution < 1.29 is 80.9 Å². The van der Waals surface area contributed by atoms with E-state index >= 15 is 0 Å². The number of esters is 6. The molecule has 10 atom stereocenters. The highest BCUT2D eigenvalue weighted by Gasteiger charge is 2.57. The molecule has 2 fully saturated rings. The molecule has 54 heavy (non-hydrogen) atoms. The molecule has 4 rings (SSSR count). The van der Waals surface area contributed by atoms with Crippen LogP contribution in [0.25, 0.3) is 10.9 Å². The highest BCUT2D eigenvalue weighted by molar-refractivity contribution is 5.79. The number of ether oxygens (including phenoxy) is 10. The van der Waals surface area contributed by atoms with E-state index in [0.29, 0.717) is 10.9 Å². The molecule has 0 aliphatic carbocycles. The van der Waals surface area contributed by atoms with Gasteiger partial charge in [-0.15, -0.1) is 0 Å². The molecule has 1 amide bonds. The number of carbonyl (C=O) groups excluding carboxylic acids is 7. The van der Waals surface area contributed by atoms with E-state index in [1.165, 1.54) is 0 Å². The Labute approximate surface area is 309 Å². The van der Waals surface area contributed by atoms with Crippen LogP contribution in [-0.2, 0) is 76.2 Å². The van der Waals surface area contributed by atoms with Gasteiger partial charge < -0.3 is 52.7 Å². The lowest BCUT2D eigenvalue weighted by atomic mass is 9.94. The fourth-order valence-corrected chi connectivity index (χ4v) is 5.94. The third-order valence-corrected chi connectivity index (χ3v) is 7.84. The van der Waals surface area contributed by atoms with Gasteiger partial charge in [-0.3, -0.25) is 38.5 Å². The minimum Gasteiger partial charge on any atom is -0.463 e. The summed E-state index contributed by atoms with van der Waals surface area (Å²) in [6.07, 6.45) is -12.1. The van der Waals surface area contributed by atoms with E-state index in [0.717, 1.165) is 48.5 Å². The first kappa shape index (κ1) is 41.4. The van der Waals surface area contributed by atoms with Crippen molar-refractivity contribution in [3.63, 3.8) is 0 Å². The first-order chi connectivity index (χ1) is 25.5. The van der Waals surface area contributed by atoms with E-state index in [1.54, 1.807) is 36.5 Å². The Kier molecular flexibility index (Phi) is 14.2. The molecule has 2 aliphatic heterocycles. The quantitative estimate of drug-likeness (QED) is 0.219. The normalized spacial score (nSPS) is 27.8. The number of fused-ring (bicyclic) bond motifs is 1. The number of aromatic nitrogens is 1. The minimum absolute atomic E-state index is 0.221. The summed E-state index contributed by atoms with van der Waals surface area (Å²) in [4.78, 5) is 90.6. The first-order valence-corrected chi connectivity index (χ1v) is 16.7. The molecule has 0 unspecified atom stereocenters. The molecule has 1 aromatic carbocycles. The van der Waals surface area contributed by atoms with Gasteiger partial charge in [-0.2, -0.15) is 0 Å². The zero-order valence-electron chi connectivity index (χ0n) is 30.5. The van der Waals surface area contributed by atoms with Gasteiger partial charge in [0.05, 0.1) is 5.52 Å². The Morgan fingerprint density at radius 1 is 0.630 bits per heavy atom. The molecule has 0 spiro atoms. The van der Waals surface area contributed by atoms with Gasteiger partial charge in [0, 0.05) is 60.0 Å². The van der Waals surface area contributed by atoms with E-state index in [4.69, 9.17) is 47.4 Å². The molecular weight excluding hydrogens is 720 g/mol. The van der Waals surface area contributed by atoms with Crippen molar-refractivity contribution >= 4 is 52.6 Å². The zero-order valence-corrected chi connectivity index (χ0v) is 30.5. The number of rotatable bonds is 13. The van der Waals surface area contributed by atoms with Crippen molar-refractivity contribution in [2.75, 3.05) is 13.2 Å². The van der Waals surface area contributed by atoms with Gasteiger partial charge in [0.25, 0.3) is 0 Å². The SMILES string of the molecule is CC(=O)N[C@H]1[C@H](O[C@@H]2[C@@H](OC(C)=O)[C@H](Oc3ccc4ncccc4c3)O[C@H](COC(C)=O)[C@H]2OC(C)=O)O[C@H](COC(C)=O)[C@@H](OC(C)=O)[C@@H]1OC(C)=O. The molecule has 2 aromatic rings. The molecule has 0 bridgehead atoms. The van der Waals surface area contributed by atoms with Crippen LogP contribution in [0, 0.1) is 0 Å².